The third-order valence-corrected chi connectivity index (χ3v) is 4.52. The lowest BCUT2D eigenvalue weighted by molar-refractivity contribution is 0.284. The number of hydrazone groups is 1. The van der Waals surface area contributed by atoms with Crippen LogP contribution in [0.25, 0.3) is 0 Å². The van der Waals surface area contributed by atoms with E-state index in [4.69, 9.17) is 9.47 Å². The summed E-state index contributed by atoms with van der Waals surface area (Å²) in [6, 6.07) is 14.0. The summed E-state index contributed by atoms with van der Waals surface area (Å²) in [7, 11) is 1.63. The minimum Gasteiger partial charge on any atom is -0.493 e. The first kappa shape index (κ1) is 17.9. The first-order valence-corrected chi connectivity index (χ1v) is 9.09. The van der Waals surface area contributed by atoms with Crippen LogP contribution in [0.3, 0.4) is 0 Å². The van der Waals surface area contributed by atoms with Crippen LogP contribution in [-0.2, 0) is 6.61 Å². The van der Waals surface area contributed by atoms with E-state index in [-0.39, 0.29) is 0 Å². The van der Waals surface area contributed by atoms with Gasteiger partial charge in [-0.25, -0.2) is 4.98 Å². The van der Waals surface area contributed by atoms with Gasteiger partial charge in [0.1, 0.15) is 6.61 Å². The molecule has 3 rings (SSSR count). The average molecular weight is 367 g/mol. The van der Waals surface area contributed by atoms with Gasteiger partial charge in [-0.2, -0.15) is 5.10 Å². The Balaban J connectivity index is 1.69. The monoisotopic (exact) mass is 367 g/mol. The fraction of sp³-hybridized carbons (Fsp3) is 0.200. The lowest BCUT2D eigenvalue weighted by Gasteiger charge is -2.11. The number of nitrogens with zero attached hydrogens (tertiary/aromatic N) is 2. The predicted octanol–water partition coefficient (Wildman–Crippen LogP) is 4.79. The molecule has 26 heavy (non-hydrogen) atoms. The second-order valence-corrected chi connectivity index (χ2v) is 6.71. The number of aromatic nitrogens is 1. The number of hydrogen-bond acceptors (Lipinski definition) is 6. The van der Waals surface area contributed by atoms with Crippen molar-refractivity contribution in [3.05, 3.63) is 70.2 Å². The van der Waals surface area contributed by atoms with E-state index in [1.54, 1.807) is 13.3 Å². The van der Waals surface area contributed by atoms with Crippen molar-refractivity contribution in [1.29, 1.82) is 0 Å². The highest BCUT2D eigenvalue weighted by Crippen LogP contribution is 2.28. The van der Waals surface area contributed by atoms with Crippen LogP contribution in [0, 0.1) is 13.8 Å². The lowest BCUT2D eigenvalue weighted by Crippen LogP contribution is -1.99. The van der Waals surface area contributed by atoms with Gasteiger partial charge >= 0.3 is 0 Å². The smallest absolute Gasteiger partial charge is 0.203 e. The van der Waals surface area contributed by atoms with Crippen LogP contribution < -0.4 is 14.9 Å². The molecule has 134 valence electrons. The number of aryl methyl sites for hydroxylation is 2. The maximum Gasteiger partial charge on any atom is 0.203 e. The molecule has 0 amide bonds. The lowest BCUT2D eigenvalue weighted by atomic mass is 10.1. The van der Waals surface area contributed by atoms with Crippen molar-refractivity contribution in [3.63, 3.8) is 0 Å². The minimum absolute atomic E-state index is 0.481. The topological polar surface area (TPSA) is 55.7 Å². The third-order valence-electron chi connectivity index (χ3n) is 3.66. The van der Waals surface area contributed by atoms with Gasteiger partial charge in [0.15, 0.2) is 11.5 Å². The van der Waals surface area contributed by atoms with Crippen molar-refractivity contribution >= 4 is 22.7 Å². The zero-order chi connectivity index (χ0) is 18.4. The molecule has 2 aromatic carbocycles. The highest BCUT2D eigenvalue weighted by Gasteiger charge is 2.06. The molecular formula is C20H21N3O2S. The zero-order valence-corrected chi connectivity index (χ0v) is 15.8. The first-order chi connectivity index (χ1) is 12.6. The average Bonchev–Trinajstić information content (AvgIpc) is 3.05. The van der Waals surface area contributed by atoms with Gasteiger partial charge in [-0.1, -0.05) is 29.8 Å². The number of benzene rings is 2. The molecule has 0 fully saturated rings. The molecule has 0 atom stereocenters. The summed E-state index contributed by atoms with van der Waals surface area (Å²) in [4.78, 5) is 4.31. The van der Waals surface area contributed by atoms with E-state index in [0.717, 1.165) is 22.0 Å². The molecule has 0 aliphatic rings. The number of thiazole rings is 1. The summed E-state index contributed by atoms with van der Waals surface area (Å²) in [5.74, 6) is 1.38. The summed E-state index contributed by atoms with van der Waals surface area (Å²) >= 11 is 1.52. The van der Waals surface area contributed by atoms with E-state index < -0.39 is 0 Å². The van der Waals surface area contributed by atoms with Crippen molar-refractivity contribution in [1.82, 2.24) is 4.98 Å². The van der Waals surface area contributed by atoms with Crippen LogP contribution in [0.15, 0.2) is 52.9 Å². The molecule has 1 N–H and O–H groups in total. The number of anilines is 1. The number of ether oxygens (including phenoxy) is 2. The maximum atomic E-state index is 5.96. The van der Waals surface area contributed by atoms with Crippen LogP contribution in [0.1, 0.15) is 22.4 Å². The Bertz CT molecular complexity index is 906. The van der Waals surface area contributed by atoms with Crippen molar-refractivity contribution in [3.8, 4) is 11.5 Å². The molecule has 0 aliphatic heterocycles. The molecule has 0 radical (unpaired) electrons. The number of methoxy groups -OCH3 is 1. The van der Waals surface area contributed by atoms with Crippen molar-refractivity contribution < 1.29 is 9.47 Å². The summed E-state index contributed by atoms with van der Waals surface area (Å²) in [6.45, 7) is 4.50. The van der Waals surface area contributed by atoms with Crippen molar-refractivity contribution in [2.75, 3.05) is 12.5 Å². The number of nitrogens with one attached hydrogen (secondary N) is 1. The molecule has 3 aromatic rings. The van der Waals surface area contributed by atoms with Gasteiger partial charge in [0.25, 0.3) is 0 Å². The van der Waals surface area contributed by atoms with Gasteiger partial charge in [0.2, 0.25) is 5.13 Å². The molecule has 0 spiro atoms. The third kappa shape index (κ3) is 4.83. The largest absolute Gasteiger partial charge is 0.493 e. The van der Waals surface area contributed by atoms with Gasteiger partial charge in [-0.3, -0.25) is 5.43 Å². The van der Waals surface area contributed by atoms with Gasteiger partial charge < -0.3 is 9.47 Å². The Morgan fingerprint density at radius 3 is 2.77 bits per heavy atom. The van der Waals surface area contributed by atoms with Gasteiger partial charge in [-0.15, -0.1) is 11.3 Å². The molecule has 1 aromatic heterocycles. The second kappa shape index (κ2) is 8.49. The maximum absolute atomic E-state index is 5.96. The molecule has 0 saturated heterocycles. The Morgan fingerprint density at radius 1 is 1.15 bits per heavy atom. The van der Waals surface area contributed by atoms with Gasteiger partial charge in [0, 0.05) is 5.38 Å². The second-order valence-electron chi connectivity index (χ2n) is 5.85. The summed E-state index contributed by atoms with van der Waals surface area (Å²) in [6.07, 6.45) is 1.73. The number of hydrogen-bond donors (Lipinski definition) is 1. The minimum atomic E-state index is 0.481. The van der Waals surface area contributed by atoms with Crippen LogP contribution >= 0.6 is 11.3 Å². The summed E-state index contributed by atoms with van der Waals surface area (Å²) in [5.41, 5.74) is 7.14. The van der Waals surface area contributed by atoms with Crippen LogP contribution in [0.5, 0.6) is 11.5 Å². The van der Waals surface area contributed by atoms with Crippen LogP contribution in [0.4, 0.5) is 5.13 Å². The highest BCUT2D eigenvalue weighted by atomic mass is 32.1. The Labute approximate surface area is 157 Å². The fourth-order valence-electron chi connectivity index (χ4n) is 2.42. The predicted molar refractivity (Wildman–Crippen MR) is 107 cm³/mol. The molecular weight excluding hydrogens is 346 g/mol. The molecule has 1 heterocycles. The normalized spacial score (nSPS) is 10.9. The number of rotatable bonds is 7. The Kier molecular flexibility index (Phi) is 5.86. The summed E-state index contributed by atoms with van der Waals surface area (Å²) in [5, 5.41) is 6.97. The first-order valence-electron chi connectivity index (χ1n) is 8.21. The zero-order valence-electron chi connectivity index (χ0n) is 15.0. The SMILES string of the molecule is COc1ccc(C=NNc2nc(C)cs2)cc1OCc1cccc(C)c1. The fourth-order valence-corrected chi connectivity index (χ4v) is 3.05. The van der Waals surface area contributed by atoms with Gasteiger partial charge in [-0.05, 0) is 43.2 Å². The highest BCUT2D eigenvalue weighted by molar-refractivity contribution is 7.13. The van der Waals surface area contributed by atoms with Gasteiger partial charge in [0.05, 0.1) is 19.0 Å². The molecule has 0 aliphatic carbocycles. The quantitative estimate of drug-likeness (QED) is 0.482. The molecule has 5 nitrogen and oxygen atoms in total. The van der Waals surface area contributed by atoms with E-state index in [2.05, 4.69) is 34.6 Å². The van der Waals surface area contributed by atoms with Crippen LogP contribution in [0.2, 0.25) is 0 Å². The Morgan fingerprint density at radius 2 is 2.04 bits per heavy atom. The Hall–Kier alpha value is -2.86. The van der Waals surface area contributed by atoms with E-state index >= 15 is 0 Å². The molecule has 0 unspecified atom stereocenters. The van der Waals surface area contributed by atoms with Crippen molar-refractivity contribution in [2.45, 2.75) is 20.5 Å². The van der Waals surface area contributed by atoms with Crippen LogP contribution in [-0.4, -0.2) is 18.3 Å². The van der Waals surface area contributed by atoms with E-state index in [1.165, 1.54) is 16.9 Å². The van der Waals surface area contributed by atoms with E-state index in [0.29, 0.717) is 18.1 Å². The van der Waals surface area contributed by atoms with E-state index in [1.807, 2.05) is 42.6 Å². The summed E-state index contributed by atoms with van der Waals surface area (Å²) < 4.78 is 11.4. The molecule has 6 heteroatoms. The van der Waals surface area contributed by atoms with E-state index in [9.17, 15) is 0 Å². The van der Waals surface area contributed by atoms with Crippen molar-refractivity contribution in [2.24, 2.45) is 5.10 Å². The standard InChI is InChI=1S/C20H21N3O2S/c1-14-5-4-6-17(9-14)12-25-19-10-16(7-8-18(19)24-3)11-21-23-20-22-15(2)13-26-20/h4-11,13H,12H2,1-3H3,(H,22,23). The molecule has 0 bridgehead atoms. The molecule has 0 saturated carbocycles.